The monoisotopic (exact) mass is 394 g/mol. The van der Waals surface area contributed by atoms with E-state index in [-0.39, 0.29) is 23.9 Å². The van der Waals surface area contributed by atoms with Gasteiger partial charge in [0, 0.05) is 23.9 Å². The summed E-state index contributed by atoms with van der Waals surface area (Å²) < 4.78 is 5.55. The molecule has 0 fully saturated rings. The topological polar surface area (TPSA) is 75.7 Å². The number of rotatable bonds is 6. The highest BCUT2D eigenvalue weighted by Crippen LogP contribution is 2.38. The first-order valence-corrected chi connectivity index (χ1v) is 10.4. The number of nitrogens with one attached hydrogen (secondary N) is 1. The van der Waals surface area contributed by atoms with Crippen molar-refractivity contribution in [3.05, 3.63) is 16.0 Å². The molecule has 0 saturated heterocycles. The second kappa shape index (κ2) is 8.87. The van der Waals surface area contributed by atoms with Crippen molar-refractivity contribution < 1.29 is 19.1 Å². The van der Waals surface area contributed by atoms with Gasteiger partial charge >= 0.3 is 5.97 Å². The zero-order chi connectivity index (χ0) is 20.3. The number of anilines is 1. The van der Waals surface area contributed by atoms with Gasteiger partial charge in [0.05, 0.1) is 5.56 Å². The van der Waals surface area contributed by atoms with E-state index in [0.29, 0.717) is 10.6 Å². The Morgan fingerprint density at radius 3 is 2.19 bits per heavy atom. The third-order valence-electron chi connectivity index (χ3n) is 4.66. The molecular weight excluding hydrogens is 364 g/mol. The molecule has 1 N–H and O–H groups in total. The van der Waals surface area contributed by atoms with Crippen molar-refractivity contribution in [1.82, 2.24) is 4.90 Å². The van der Waals surface area contributed by atoms with Crippen LogP contribution >= 0.6 is 11.3 Å². The van der Waals surface area contributed by atoms with Crippen LogP contribution in [0.2, 0.25) is 0 Å². The van der Waals surface area contributed by atoms with E-state index in [4.69, 9.17) is 4.74 Å². The van der Waals surface area contributed by atoms with E-state index < -0.39 is 12.1 Å². The molecule has 1 atom stereocenters. The highest BCUT2D eigenvalue weighted by atomic mass is 32.1. The molecule has 1 aromatic rings. The van der Waals surface area contributed by atoms with Crippen LogP contribution in [-0.4, -0.2) is 40.9 Å². The van der Waals surface area contributed by atoms with E-state index in [2.05, 4.69) is 5.32 Å². The Morgan fingerprint density at radius 2 is 1.63 bits per heavy atom. The number of hydrogen-bond donors (Lipinski definition) is 1. The molecule has 0 unspecified atom stereocenters. The lowest BCUT2D eigenvalue weighted by molar-refractivity contribution is -0.143. The van der Waals surface area contributed by atoms with Crippen molar-refractivity contribution in [2.24, 2.45) is 0 Å². The second-order valence-corrected chi connectivity index (χ2v) is 8.68. The average molecular weight is 395 g/mol. The van der Waals surface area contributed by atoms with E-state index in [1.807, 2.05) is 27.7 Å². The third kappa shape index (κ3) is 4.89. The molecule has 1 heterocycles. The van der Waals surface area contributed by atoms with Gasteiger partial charge in [-0.1, -0.05) is 0 Å². The van der Waals surface area contributed by atoms with Crippen LogP contribution in [-0.2, 0) is 27.2 Å². The van der Waals surface area contributed by atoms with Gasteiger partial charge in [-0.25, -0.2) is 4.79 Å². The van der Waals surface area contributed by atoms with Crippen LogP contribution in [0.25, 0.3) is 0 Å². The molecule has 0 spiro atoms. The number of carbonyl (C=O) groups is 3. The first-order valence-electron chi connectivity index (χ1n) is 9.58. The highest BCUT2D eigenvalue weighted by molar-refractivity contribution is 7.17. The predicted molar refractivity (Wildman–Crippen MR) is 107 cm³/mol. The third-order valence-corrected chi connectivity index (χ3v) is 5.87. The van der Waals surface area contributed by atoms with Crippen LogP contribution in [0.3, 0.4) is 0 Å². The Morgan fingerprint density at radius 1 is 1.04 bits per heavy atom. The molecule has 0 bridgehead atoms. The zero-order valence-electron chi connectivity index (χ0n) is 17.0. The number of esters is 1. The SMILES string of the molecule is CC(=O)Nc1sc2c(c1C(=O)O[C@@H](C)C(=O)N(C(C)C)C(C)C)CCCC2. The van der Waals surface area contributed by atoms with Gasteiger partial charge in [-0.15, -0.1) is 11.3 Å². The van der Waals surface area contributed by atoms with Crippen LogP contribution in [0.4, 0.5) is 5.00 Å². The predicted octanol–water partition coefficient (Wildman–Crippen LogP) is 3.78. The van der Waals surface area contributed by atoms with E-state index in [1.54, 1.807) is 11.8 Å². The van der Waals surface area contributed by atoms with Crippen molar-refractivity contribution in [1.29, 1.82) is 0 Å². The van der Waals surface area contributed by atoms with Gasteiger partial charge in [0.1, 0.15) is 5.00 Å². The maximum Gasteiger partial charge on any atom is 0.342 e. The summed E-state index contributed by atoms with van der Waals surface area (Å²) in [6.07, 6.45) is 2.90. The van der Waals surface area contributed by atoms with Gasteiger partial charge in [-0.05, 0) is 65.9 Å². The Bertz CT molecular complexity index is 716. The Hall–Kier alpha value is -1.89. The number of carbonyl (C=O) groups excluding carboxylic acids is 3. The highest BCUT2D eigenvalue weighted by Gasteiger charge is 2.31. The van der Waals surface area contributed by atoms with Crippen LogP contribution < -0.4 is 5.32 Å². The summed E-state index contributed by atoms with van der Waals surface area (Å²) in [6, 6.07) is 0.0324. The van der Waals surface area contributed by atoms with E-state index >= 15 is 0 Å². The average Bonchev–Trinajstić information content (AvgIpc) is 2.90. The van der Waals surface area contributed by atoms with Crippen LogP contribution in [0, 0.1) is 0 Å². The Kier molecular flexibility index (Phi) is 7.03. The number of aryl methyl sites for hydroxylation is 1. The largest absolute Gasteiger partial charge is 0.449 e. The van der Waals surface area contributed by atoms with Crippen LogP contribution in [0.5, 0.6) is 0 Å². The van der Waals surface area contributed by atoms with Gasteiger partial charge in [0.25, 0.3) is 5.91 Å². The minimum Gasteiger partial charge on any atom is -0.449 e. The lowest BCUT2D eigenvalue weighted by Gasteiger charge is -2.32. The smallest absolute Gasteiger partial charge is 0.342 e. The maximum absolute atomic E-state index is 12.9. The fourth-order valence-corrected chi connectivity index (χ4v) is 4.94. The quantitative estimate of drug-likeness (QED) is 0.745. The first kappa shape index (κ1) is 21.4. The zero-order valence-corrected chi connectivity index (χ0v) is 17.9. The molecule has 0 radical (unpaired) electrons. The molecule has 0 aromatic carbocycles. The summed E-state index contributed by atoms with van der Waals surface area (Å²) >= 11 is 1.44. The van der Waals surface area contributed by atoms with Gasteiger partial charge in [0.2, 0.25) is 5.91 Å². The van der Waals surface area contributed by atoms with Crippen molar-refractivity contribution in [2.45, 2.75) is 85.4 Å². The Labute approximate surface area is 165 Å². The Balaban J connectivity index is 2.25. The normalized spacial score (nSPS) is 14.7. The summed E-state index contributed by atoms with van der Waals surface area (Å²) in [5, 5.41) is 3.29. The molecule has 2 rings (SSSR count). The minimum absolute atomic E-state index is 0.0162. The second-order valence-electron chi connectivity index (χ2n) is 7.58. The molecule has 0 saturated carbocycles. The number of amides is 2. The van der Waals surface area contributed by atoms with Gasteiger partial charge in [-0.2, -0.15) is 0 Å². The summed E-state index contributed by atoms with van der Waals surface area (Å²) in [4.78, 5) is 40.1. The minimum atomic E-state index is -0.883. The molecule has 27 heavy (non-hydrogen) atoms. The molecule has 1 aliphatic rings. The summed E-state index contributed by atoms with van der Waals surface area (Å²) in [7, 11) is 0. The fourth-order valence-electron chi connectivity index (χ4n) is 3.61. The lowest BCUT2D eigenvalue weighted by atomic mass is 9.95. The molecular formula is C20H30N2O4S. The number of fused-ring (bicyclic) bond motifs is 1. The van der Waals surface area contributed by atoms with E-state index in [9.17, 15) is 14.4 Å². The lowest BCUT2D eigenvalue weighted by Crippen LogP contribution is -2.47. The molecule has 1 aromatic heterocycles. The maximum atomic E-state index is 12.9. The summed E-state index contributed by atoms with van der Waals surface area (Å²) in [6.45, 7) is 10.8. The number of hydrogen-bond acceptors (Lipinski definition) is 5. The fraction of sp³-hybridized carbons (Fsp3) is 0.650. The molecule has 1 aliphatic carbocycles. The van der Waals surface area contributed by atoms with Crippen molar-refractivity contribution in [2.75, 3.05) is 5.32 Å². The molecule has 150 valence electrons. The van der Waals surface area contributed by atoms with E-state index in [0.717, 1.165) is 36.1 Å². The summed E-state index contributed by atoms with van der Waals surface area (Å²) in [5.41, 5.74) is 1.38. The van der Waals surface area contributed by atoms with Crippen molar-refractivity contribution in [3.63, 3.8) is 0 Å². The van der Waals surface area contributed by atoms with Crippen molar-refractivity contribution in [3.8, 4) is 0 Å². The van der Waals surface area contributed by atoms with Crippen LogP contribution in [0.1, 0.15) is 75.2 Å². The van der Waals surface area contributed by atoms with E-state index in [1.165, 1.54) is 18.3 Å². The first-order chi connectivity index (χ1) is 12.6. The number of nitrogens with zero attached hydrogens (tertiary/aromatic N) is 1. The number of thiophene rings is 1. The van der Waals surface area contributed by atoms with Gasteiger partial charge in [-0.3, -0.25) is 9.59 Å². The van der Waals surface area contributed by atoms with Gasteiger partial charge < -0.3 is 15.0 Å². The van der Waals surface area contributed by atoms with Crippen molar-refractivity contribution >= 4 is 34.1 Å². The molecule has 6 nitrogen and oxygen atoms in total. The van der Waals surface area contributed by atoms with Crippen LogP contribution in [0.15, 0.2) is 0 Å². The number of ether oxygens (including phenoxy) is 1. The van der Waals surface area contributed by atoms with Gasteiger partial charge in [0.15, 0.2) is 6.10 Å². The summed E-state index contributed by atoms with van der Waals surface area (Å²) in [5.74, 6) is -0.970. The molecule has 7 heteroatoms. The standard InChI is InChI=1S/C20H30N2O4S/c1-11(2)22(12(3)4)19(24)13(5)26-20(25)17-15-9-7-8-10-16(15)27-18(17)21-14(6)23/h11-13H,7-10H2,1-6H3,(H,21,23)/t13-/m0/s1. The molecule has 2 amide bonds. The molecule has 0 aliphatic heterocycles.